The van der Waals surface area contributed by atoms with Crippen LogP contribution < -0.4 is 15.1 Å². The summed E-state index contributed by atoms with van der Waals surface area (Å²) >= 11 is 1.07. The molecule has 7 N–H and O–H groups in total. The highest BCUT2D eigenvalue weighted by Gasteiger charge is 2.19. The van der Waals surface area contributed by atoms with E-state index in [0.29, 0.717) is 45.2 Å². The van der Waals surface area contributed by atoms with Crippen LogP contribution in [0.4, 0.5) is 11.4 Å². The van der Waals surface area contributed by atoms with Crippen molar-refractivity contribution in [3.05, 3.63) is 89.8 Å². The first-order valence-corrected chi connectivity index (χ1v) is 23.2. The maximum Gasteiger partial charge on any atom is 0.279 e. The molecule has 4 aromatic carbocycles. The topological polar surface area (TPSA) is 271 Å². The number of aryl methyl sites for hydroxylation is 1. The van der Waals surface area contributed by atoms with Crippen LogP contribution in [0.2, 0.25) is 0 Å². The summed E-state index contributed by atoms with van der Waals surface area (Å²) in [6, 6.07) is 18.1. The van der Waals surface area contributed by atoms with Gasteiger partial charge in [-0.3, -0.25) is 4.79 Å². The minimum absolute atomic E-state index is 0.123. The van der Waals surface area contributed by atoms with E-state index in [9.17, 15) is 46.1 Å². The van der Waals surface area contributed by atoms with E-state index < -0.39 is 42.5 Å². The third kappa shape index (κ3) is 15.6. The molecule has 1 aromatic heterocycles. The number of thiazole rings is 1. The summed E-state index contributed by atoms with van der Waals surface area (Å²) in [6.07, 6.45) is -0.569. The van der Waals surface area contributed by atoms with Gasteiger partial charge in [0.15, 0.2) is 5.70 Å². The molecule has 62 heavy (non-hydrogen) atoms. The molecule has 0 saturated heterocycles. The molecular weight excluding hydrogens is 861 g/mol. The van der Waals surface area contributed by atoms with Crippen molar-refractivity contribution in [2.75, 3.05) is 52.2 Å². The summed E-state index contributed by atoms with van der Waals surface area (Å²) in [5.41, 5.74) is 1.41. The quantitative estimate of drug-likeness (QED) is 0.0346. The number of rotatable bonds is 15. The molecule has 1 heterocycles. The molecule has 338 valence electrons. The molecule has 0 fully saturated rings. The van der Waals surface area contributed by atoms with Gasteiger partial charge in [0, 0.05) is 27.9 Å². The number of anilines is 1. The van der Waals surface area contributed by atoms with Gasteiger partial charge in [0.25, 0.3) is 5.91 Å². The smallest absolute Gasteiger partial charge is 0.279 e. The molecule has 1 amide bonds. The Morgan fingerprint density at radius 3 is 1.95 bits per heavy atom. The second kappa shape index (κ2) is 23.1. The number of aliphatic hydroxyl groups is 4. The monoisotopic (exact) mass is 916 g/mol. The van der Waals surface area contributed by atoms with E-state index in [0.717, 1.165) is 37.5 Å². The zero-order valence-electron chi connectivity index (χ0n) is 35.9. The van der Waals surface area contributed by atoms with Gasteiger partial charge in [-0.05, 0) is 75.7 Å². The third-order valence-corrected chi connectivity index (χ3v) is 12.0. The number of nitrogens with zero attached hydrogens (tertiary/aromatic N) is 3. The van der Waals surface area contributed by atoms with Crippen LogP contribution in [0.25, 0.3) is 31.6 Å². The lowest BCUT2D eigenvalue weighted by molar-refractivity contribution is -0.908. The molecule has 0 aliphatic heterocycles. The number of benzene rings is 4. The fourth-order valence-electron chi connectivity index (χ4n) is 6.24. The summed E-state index contributed by atoms with van der Waals surface area (Å²) in [5.74, 6) is -0.667. The number of aliphatic hydroxyl groups excluding tert-OH is 4. The normalized spacial score (nSPS) is 13.9. The Morgan fingerprint density at radius 2 is 1.45 bits per heavy atom. The largest absolute Gasteiger partial charge is 0.744 e. The number of allylic oxidation sites excluding steroid dienone is 1. The number of hydrogen-bond donors (Lipinski definition) is 7. The highest BCUT2D eigenvalue weighted by atomic mass is 32.2. The van der Waals surface area contributed by atoms with E-state index in [1.165, 1.54) is 59.2 Å². The number of likely N-dealkylation sites (N-methyl/N-ethyl adjacent to an activating group) is 1. The van der Waals surface area contributed by atoms with Crippen LogP contribution in [0.15, 0.2) is 104 Å². The van der Waals surface area contributed by atoms with Crippen molar-refractivity contribution in [3.63, 3.8) is 0 Å². The van der Waals surface area contributed by atoms with Crippen LogP contribution in [-0.2, 0) is 25.0 Å². The van der Waals surface area contributed by atoms with Gasteiger partial charge in [-0.2, -0.15) is 5.11 Å². The lowest BCUT2D eigenvalue weighted by atomic mass is 10.1. The number of fused-ring (bicyclic) bond motifs is 2. The first-order valence-electron chi connectivity index (χ1n) is 19.6. The van der Waals surface area contributed by atoms with Gasteiger partial charge in [-0.25, -0.2) is 21.8 Å². The van der Waals surface area contributed by atoms with Gasteiger partial charge in [0.2, 0.25) is 0 Å². The molecule has 5 aromatic rings. The van der Waals surface area contributed by atoms with E-state index in [2.05, 4.69) is 34.4 Å². The Labute approximate surface area is 366 Å². The fraction of sp³-hybridized carbons (Fsp3) is 0.381. The fourth-order valence-corrected chi connectivity index (χ4v) is 9.22. The lowest BCUT2D eigenvalue weighted by Gasteiger charge is -2.23. The van der Waals surface area contributed by atoms with Gasteiger partial charge in [-0.1, -0.05) is 44.2 Å². The predicted molar refractivity (Wildman–Crippen MR) is 237 cm³/mol. The molecule has 2 atom stereocenters. The number of azo groups is 1. The number of nitrogens with one attached hydrogen (secondary N) is 3. The average Bonchev–Trinajstić information content (AvgIpc) is 3.57. The molecule has 0 spiro atoms. The Morgan fingerprint density at radius 1 is 0.855 bits per heavy atom. The minimum atomic E-state index is -4.77. The van der Waals surface area contributed by atoms with E-state index >= 15 is 0 Å². The molecule has 0 aliphatic carbocycles. The molecule has 0 bridgehead atoms. The number of hydrogen-bond acceptors (Lipinski definition) is 15. The summed E-state index contributed by atoms with van der Waals surface area (Å²) in [4.78, 5) is 19.3. The van der Waals surface area contributed by atoms with Crippen molar-refractivity contribution in [1.29, 1.82) is 0 Å². The van der Waals surface area contributed by atoms with E-state index in [4.69, 9.17) is 5.11 Å². The van der Waals surface area contributed by atoms with Crippen LogP contribution in [0.5, 0.6) is 0 Å². The van der Waals surface area contributed by atoms with Crippen molar-refractivity contribution in [2.24, 2.45) is 16.1 Å². The molecule has 17 nitrogen and oxygen atoms in total. The van der Waals surface area contributed by atoms with Crippen LogP contribution in [-0.4, -0.2) is 116 Å². The zero-order chi connectivity index (χ0) is 46.5. The molecule has 5 rings (SSSR count). The summed E-state index contributed by atoms with van der Waals surface area (Å²) in [6.45, 7) is 14.3. The second-order valence-corrected chi connectivity index (χ2v) is 19.1. The lowest BCUT2D eigenvalue weighted by Crippen LogP contribution is -3.14. The van der Waals surface area contributed by atoms with Gasteiger partial charge in [0.1, 0.15) is 62.8 Å². The maximum absolute atomic E-state index is 13.0. The average molecular weight is 917 g/mol. The predicted octanol–water partition coefficient (Wildman–Crippen LogP) is 3.16. The Hall–Kier alpha value is -4.74. The van der Waals surface area contributed by atoms with Crippen LogP contribution in [0, 0.1) is 12.8 Å². The SMILES string of the molecule is C/C(O)=C(\N=Nc1ccc(-c2nc3ccc(C)c(S(=O)(=O)[O-])c3s2)cc1)C(=O)Nc1cccc2c(S(=O)(=O)[O-])cccc12.CC(C)C[NH+](CC(C)O)CC(C)O.C[NH+](C)CCO. The van der Waals surface area contributed by atoms with Gasteiger partial charge in [0.05, 0.1) is 52.9 Å². The van der Waals surface area contributed by atoms with Crippen LogP contribution >= 0.6 is 11.3 Å². The van der Waals surface area contributed by atoms with Crippen molar-refractivity contribution in [2.45, 2.75) is 63.5 Å². The van der Waals surface area contributed by atoms with Gasteiger partial charge in [-0.15, -0.1) is 16.5 Å². The highest BCUT2D eigenvalue weighted by Crippen LogP contribution is 2.36. The molecule has 20 heteroatoms. The molecular formula is C42H56N6O11S3. The second-order valence-electron chi connectivity index (χ2n) is 15.4. The number of carbonyl (C=O) groups is 1. The highest BCUT2D eigenvalue weighted by molar-refractivity contribution is 7.86. The third-order valence-electron chi connectivity index (χ3n) is 8.77. The molecule has 0 radical (unpaired) electrons. The molecule has 2 unspecified atom stereocenters. The van der Waals surface area contributed by atoms with Crippen molar-refractivity contribution >= 4 is 69.8 Å². The maximum atomic E-state index is 13.0. The standard InChI is InChI=1S/C28H22N4O8S3.C10H23NO2.C4H11NO/c1-15-9-14-22-25(26(15)43(38,39)40)41-28(30-22)17-10-12-18(13-11-17)31-32-24(16(2)33)27(34)29-21-7-3-6-20-19(21)5-4-8-23(20)42(35,36)37;1-8(2)5-11(6-9(3)12)7-10(4)13;1-5(2)3-4-6/h3-14,33H,1-2H3,(H,29,34)(H,35,36,37)(H,38,39,40);8-10,12-13H,5-7H2,1-4H3;6H,3-4H2,1-2H3/b24-16+,32-31?;;. The summed E-state index contributed by atoms with van der Waals surface area (Å²) in [5, 5.41) is 48.2. The Bertz CT molecular complexity index is 2550. The summed E-state index contributed by atoms with van der Waals surface area (Å²) < 4.78 is 70.7. The Kier molecular flexibility index (Phi) is 19.2. The van der Waals surface area contributed by atoms with Crippen molar-refractivity contribution in [3.8, 4) is 10.6 Å². The number of aromatic nitrogens is 1. The summed E-state index contributed by atoms with van der Waals surface area (Å²) in [7, 11) is -5.45. The van der Waals surface area contributed by atoms with Crippen LogP contribution in [0.3, 0.4) is 0 Å². The molecule has 0 aliphatic rings. The first-order chi connectivity index (χ1) is 28.9. The number of carbonyl (C=O) groups excluding carboxylic acids is 1. The Balaban J connectivity index is 0.000000449. The van der Waals surface area contributed by atoms with Crippen molar-refractivity contribution < 1.29 is 61.0 Å². The van der Waals surface area contributed by atoms with Gasteiger partial charge < -0.3 is 44.6 Å². The number of quaternary nitrogens is 2. The van der Waals surface area contributed by atoms with Gasteiger partial charge >= 0.3 is 0 Å². The van der Waals surface area contributed by atoms with Crippen LogP contribution in [0.1, 0.15) is 40.2 Å². The zero-order valence-corrected chi connectivity index (χ0v) is 38.4. The van der Waals surface area contributed by atoms with Crippen molar-refractivity contribution in [1.82, 2.24) is 4.98 Å². The first kappa shape index (κ1) is 51.6. The van der Waals surface area contributed by atoms with E-state index in [-0.39, 0.29) is 32.9 Å². The minimum Gasteiger partial charge on any atom is -0.744 e. The van der Waals surface area contributed by atoms with E-state index in [1.54, 1.807) is 51.1 Å². The van der Waals surface area contributed by atoms with E-state index in [1.807, 2.05) is 14.1 Å². The molecule has 0 saturated carbocycles. The number of amides is 1.